The number of hydrogen-bond acceptors (Lipinski definition) is 6. The van der Waals surface area contributed by atoms with Gasteiger partial charge in [-0.05, 0) is 44.2 Å². The number of benzene rings is 2. The number of amides is 1. The Balaban J connectivity index is 1.50. The fraction of sp³-hybridized carbons (Fsp3) is 0.280. The fourth-order valence-electron chi connectivity index (χ4n) is 4.20. The van der Waals surface area contributed by atoms with E-state index < -0.39 is 11.9 Å². The highest BCUT2D eigenvalue weighted by Crippen LogP contribution is 2.38. The summed E-state index contributed by atoms with van der Waals surface area (Å²) in [6, 6.07) is 10.2. The number of ether oxygens (including phenoxy) is 3. The minimum Gasteiger partial charge on any atom is -0.493 e. The third kappa shape index (κ3) is 4.10. The molecule has 8 nitrogen and oxygen atoms in total. The molecule has 5 rings (SSSR count). The smallest absolute Gasteiger partial charge is 0.415 e. The van der Waals surface area contributed by atoms with Gasteiger partial charge in [-0.15, -0.1) is 0 Å². The summed E-state index contributed by atoms with van der Waals surface area (Å²) in [7, 11) is 1.50. The van der Waals surface area contributed by atoms with Crippen LogP contribution in [0.3, 0.4) is 0 Å². The zero-order valence-corrected chi connectivity index (χ0v) is 19.1. The number of rotatable bonds is 4. The van der Waals surface area contributed by atoms with Crippen LogP contribution in [0.5, 0.6) is 23.0 Å². The number of aryl methyl sites for hydroxylation is 1. The van der Waals surface area contributed by atoms with Crippen molar-refractivity contribution in [3.8, 4) is 23.0 Å². The van der Waals surface area contributed by atoms with E-state index in [1.807, 2.05) is 13.8 Å². The van der Waals surface area contributed by atoms with Crippen molar-refractivity contribution in [1.82, 2.24) is 20.2 Å². The summed E-state index contributed by atoms with van der Waals surface area (Å²) in [6.45, 7) is 5.67. The van der Waals surface area contributed by atoms with Crippen molar-refractivity contribution >= 4 is 27.9 Å². The number of hydrogen-bond donors (Lipinski definition) is 2. The van der Waals surface area contributed by atoms with Crippen molar-refractivity contribution in [2.45, 2.75) is 19.9 Å². The summed E-state index contributed by atoms with van der Waals surface area (Å²) >= 11 is 0. The molecule has 0 radical (unpaired) electrons. The standard InChI is InChI=1S/C25H25FN4O4/c1-14-10-17-18(29-14)4-5-21(24(17)26)33-20-6-7-28-19-12-22(32-3)23(11-16(19)20)34-25(31)30-9-8-27-15(2)13-30/h4-7,10-12,15,27,29H,8-9,13H2,1-3H3/t15-/m0/s1. The number of nitrogens with one attached hydrogen (secondary N) is 2. The van der Waals surface area contributed by atoms with Gasteiger partial charge in [0, 0.05) is 59.9 Å². The predicted octanol–water partition coefficient (Wildman–Crippen LogP) is 4.76. The quantitative estimate of drug-likeness (QED) is 0.453. The molecule has 4 aromatic rings. The van der Waals surface area contributed by atoms with E-state index in [2.05, 4.69) is 15.3 Å². The number of piperazine rings is 1. The number of aromatic amines is 1. The number of aromatic nitrogens is 2. The monoisotopic (exact) mass is 464 g/mol. The van der Waals surface area contributed by atoms with E-state index >= 15 is 4.39 Å². The Morgan fingerprint density at radius 2 is 1.97 bits per heavy atom. The van der Waals surface area contributed by atoms with Crippen molar-refractivity contribution in [3.05, 3.63) is 54.1 Å². The van der Waals surface area contributed by atoms with Crippen LogP contribution in [-0.2, 0) is 0 Å². The van der Waals surface area contributed by atoms with Gasteiger partial charge < -0.3 is 29.4 Å². The van der Waals surface area contributed by atoms with E-state index in [4.69, 9.17) is 14.2 Å². The fourth-order valence-corrected chi connectivity index (χ4v) is 4.20. The largest absolute Gasteiger partial charge is 0.493 e. The summed E-state index contributed by atoms with van der Waals surface area (Å²) in [6.07, 6.45) is 1.11. The van der Waals surface area contributed by atoms with Crippen molar-refractivity contribution in [2.75, 3.05) is 26.7 Å². The summed E-state index contributed by atoms with van der Waals surface area (Å²) in [5.41, 5.74) is 2.12. The van der Waals surface area contributed by atoms with Crippen molar-refractivity contribution in [2.24, 2.45) is 0 Å². The summed E-state index contributed by atoms with van der Waals surface area (Å²) in [5, 5.41) is 4.31. The van der Waals surface area contributed by atoms with Gasteiger partial charge in [-0.1, -0.05) is 0 Å². The molecule has 0 saturated carbocycles. The van der Waals surface area contributed by atoms with E-state index in [-0.39, 0.29) is 17.5 Å². The molecule has 2 aromatic carbocycles. The maximum Gasteiger partial charge on any atom is 0.415 e. The second-order valence-electron chi connectivity index (χ2n) is 8.39. The van der Waals surface area contributed by atoms with Crippen molar-refractivity contribution < 1.29 is 23.4 Å². The molecule has 2 aromatic heterocycles. The molecule has 1 atom stereocenters. The predicted molar refractivity (Wildman–Crippen MR) is 126 cm³/mol. The number of fused-ring (bicyclic) bond motifs is 2. The van der Waals surface area contributed by atoms with Gasteiger partial charge in [-0.25, -0.2) is 9.18 Å². The van der Waals surface area contributed by atoms with Gasteiger partial charge in [0.1, 0.15) is 5.75 Å². The third-order valence-corrected chi connectivity index (χ3v) is 5.87. The minimum atomic E-state index is -0.461. The number of carbonyl (C=O) groups is 1. The van der Waals surface area contributed by atoms with Gasteiger partial charge in [0.25, 0.3) is 0 Å². The van der Waals surface area contributed by atoms with E-state index in [1.165, 1.54) is 7.11 Å². The van der Waals surface area contributed by atoms with Crippen molar-refractivity contribution in [3.63, 3.8) is 0 Å². The van der Waals surface area contributed by atoms with Crippen LogP contribution in [0.2, 0.25) is 0 Å². The third-order valence-electron chi connectivity index (χ3n) is 5.87. The van der Waals surface area contributed by atoms with Crippen LogP contribution in [0.25, 0.3) is 21.8 Å². The molecule has 0 bridgehead atoms. The maximum atomic E-state index is 15.1. The second-order valence-corrected chi connectivity index (χ2v) is 8.39. The normalized spacial score (nSPS) is 16.1. The number of carbonyl (C=O) groups excluding carboxylic acids is 1. The van der Waals surface area contributed by atoms with Crippen LogP contribution in [0.4, 0.5) is 9.18 Å². The molecule has 1 fully saturated rings. The second kappa shape index (κ2) is 8.83. The molecular formula is C25H25FN4O4. The van der Waals surface area contributed by atoms with Gasteiger partial charge >= 0.3 is 6.09 Å². The van der Waals surface area contributed by atoms with Gasteiger partial charge in [0.2, 0.25) is 0 Å². The highest BCUT2D eigenvalue weighted by Gasteiger charge is 2.24. The average molecular weight is 464 g/mol. The van der Waals surface area contributed by atoms with Gasteiger partial charge in [0.05, 0.1) is 12.6 Å². The molecule has 0 unspecified atom stereocenters. The molecule has 9 heteroatoms. The highest BCUT2D eigenvalue weighted by atomic mass is 19.1. The Labute approximate surface area is 195 Å². The van der Waals surface area contributed by atoms with E-state index in [0.717, 1.165) is 5.69 Å². The molecule has 1 aliphatic rings. The Hall–Kier alpha value is -3.85. The molecule has 34 heavy (non-hydrogen) atoms. The van der Waals surface area contributed by atoms with E-state index in [1.54, 1.807) is 47.5 Å². The Morgan fingerprint density at radius 3 is 2.76 bits per heavy atom. The van der Waals surface area contributed by atoms with Crippen LogP contribution >= 0.6 is 0 Å². The Kier molecular flexibility index (Phi) is 5.70. The number of pyridine rings is 1. The Bertz CT molecular complexity index is 1390. The number of halogens is 1. The SMILES string of the molecule is COc1cc2nccc(Oc3ccc4[nH]c(C)cc4c3F)c2cc1OC(=O)N1CCN[C@@H](C)C1. The highest BCUT2D eigenvalue weighted by molar-refractivity contribution is 5.89. The van der Waals surface area contributed by atoms with Gasteiger partial charge in [-0.3, -0.25) is 4.98 Å². The lowest BCUT2D eigenvalue weighted by Gasteiger charge is -2.31. The molecule has 2 N–H and O–H groups in total. The van der Waals surface area contributed by atoms with Crippen LogP contribution in [-0.4, -0.2) is 53.7 Å². The average Bonchev–Trinajstić information content (AvgIpc) is 3.22. The molecule has 1 saturated heterocycles. The molecule has 176 valence electrons. The first-order chi connectivity index (χ1) is 16.4. The number of methoxy groups -OCH3 is 1. The first kappa shape index (κ1) is 22.0. The lowest BCUT2D eigenvalue weighted by molar-refractivity contribution is 0.136. The number of nitrogens with zero attached hydrogens (tertiary/aromatic N) is 2. The molecule has 1 amide bonds. The zero-order chi connectivity index (χ0) is 23.8. The zero-order valence-electron chi connectivity index (χ0n) is 19.1. The number of H-pyrrole nitrogens is 1. The van der Waals surface area contributed by atoms with Crippen LogP contribution in [0.15, 0.2) is 42.6 Å². The topological polar surface area (TPSA) is 88.7 Å². The van der Waals surface area contributed by atoms with Crippen molar-refractivity contribution in [1.29, 1.82) is 0 Å². The summed E-state index contributed by atoms with van der Waals surface area (Å²) < 4.78 is 32.2. The molecule has 0 spiro atoms. The first-order valence-electron chi connectivity index (χ1n) is 11.1. The van der Waals surface area contributed by atoms with Gasteiger partial charge in [-0.2, -0.15) is 0 Å². The Morgan fingerprint density at radius 1 is 1.12 bits per heavy atom. The lowest BCUT2D eigenvalue weighted by atomic mass is 10.1. The minimum absolute atomic E-state index is 0.0863. The maximum absolute atomic E-state index is 15.1. The van der Waals surface area contributed by atoms with Crippen LogP contribution in [0, 0.1) is 12.7 Å². The summed E-state index contributed by atoms with van der Waals surface area (Å²) in [4.78, 5) is 21.9. The summed E-state index contributed by atoms with van der Waals surface area (Å²) in [5.74, 6) is 0.611. The van der Waals surface area contributed by atoms with Gasteiger partial charge in [0.15, 0.2) is 23.1 Å². The first-order valence-corrected chi connectivity index (χ1v) is 11.1. The molecule has 1 aliphatic heterocycles. The van der Waals surface area contributed by atoms with Crippen LogP contribution < -0.4 is 19.5 Å². The lowest BCUT2D eigenvalue weighted by Crippen LogP contribution is -2.52. The molecular weight excluding hydrogens is 439 g/mol. The van der Waals surface area contributed by atoms with Crippen LogP contribution in [0.1, 0.15) is 12.6 Å². The van der Waals surface area contributed by atoms with E-state index in [0.29, 0.717) is 52.9 Å². The molecule has 3 heterocycles. The van der Waals surface area contributed by atoms with E-state index in [9.17, 15) is 4.79 Å². The molecule has 0 aliphatic carbocycles.